The molecule has 2 aromatic rings. The second kappa shape index (κ2) is 9.02. The van der Waals surface area contributed by atoms with E-state index in [9.17, 15) is 18.0 Å². The van der Waals surface area contributed by atoms with E-state index in [2.05, 4.69) is 15.3 Å². The zero-order valence-electron chi connectivity index (χ0n) is 16.3. The van der Waals surface area contributed by atoms with E-state index in [0.717, 1.165) is 67.6 Å². The minimum atomic E-state index is -4.47. The van der Waals surface area contributed by atoms with E-state index in [4.69, 9.17) is 0 Å². The van der Waals surface area contributed by atoms with Crippen molar-refractivity contribution in [2.75, 3.05) is 29.1 Å². The average Bonchev–Trinajstić information content (AvgIpc) is 2.65. The average molecular weight is 424 g/mol. The largest absolute Gasteiger partial charge is 0.416 e. The van der Waals surface area contributed by atoms with E-state index in [1.54, 1.807) is 0 Å². The van der Waals surface area contributed by atoms with Crippen molar-refractivity contribution in [2.24, 2.45) is 0 Å². The maximum Gasteiger partial charge on any atom is 0.416 e. The fourth-order valence-electron chi connectivity index (χ4n) is 3.30. The molecule has 9 heteroatoms. The quantitative estimate of drug-likeness (QED) is 0.550. The molecule has 5 nitrogen and oxygen atoms in total. The number of hydrogen-bond donors (Lipinski definition) is 1. The van der Waals surface area contributed by atoms with Gasteiger partial charge in [0.25, 0.3) is 0 Å². The SMILES string of the molecule is Cc1cc(C)nc(SCC(=O)Nc2cc(C(F)(F)F)ccc2N2CCCCC2)n1. The molecule has 0 radical (unpaired) electrons. The van der Waals surface area contributed by atoms with Gasteiger partial charge >= 0.3 is 6.18 Å². The van der Waals surface area contributed by atoms with Crippen molar-refractivity contribution in [3.63, 3.8) is 0 Å². The Kier molecular flexibility index (Phi) is 6.66. The number of thioether (sulfide) groups is 1. The molecule has 2 heterocycles. The second-order valence-corrected chi connectivity index (χ2v) is 7.99. The molecule has 29 heavy (non-hydrogen) atoms. The van der Waals surface area contributed by atoms with Crippen molar-refractivity contribution >= 4 is 29.0 Å². The molecule has 1 aliphatic rings. The normalized spacial score (nSPS) is 14.7. The number of nitrogens with zero attached hydrogens (tertiary/aromatic N) is 3. The van der Waals surface area contributed by atoms with E-state index in [0.29, 0.717) is 10.8 Å². The number of amides is 1. The van der Waals surface area contributed by atoms with Crippen LogP contribution in [0.1, 0.15) is 36.2 Å². The van der Waals surface area contributed by atoms with Crippen molar-refractivity contribution in [3.05, 3.63) is 41.2 Å². The van der Waals surface area contributed by atoms with Gasteiger partial charge in [-0.05, 0) is 57.4 Å². The van der Waals surface area contributed by atoms with Crippen LogP contribution in [0.5, 0.6) is 0 Å². The topological polar surface area (TPSA) is 58.1 Å². The van der Waals surface area contributed by atoms with E-state index in [1.165, 1.54) is 6.07 Å². The van der Waals surface area contributed by atoms with E-state index in [-0.39, 0.29) is 11.4 Å². The third kappa shape index (κ3) is 5.85. The smallest absolute Gasteiger partial charge is 0.370 e. The van der Waals surface area contributed by atoms with Crippen molar-refractivity contribution in [2.45, 2.75) is 44.4 Å². The summed E-state index contributed by atoms with van der Waals surface area (Å²) in [5.74, 6) is -0.381. The summed E-state index contributed by atoms with van der Waals surface area (Å²) in [6.07, 6.45) is -1.41. The maximum absolute atomic E-state index is 13.2. The van der Waals surface area contributed by atoms with Gasteiger partial charge in [0.05, 0.1) is 22.7 Å². The number of alkyl halides is 3. The maximum atomic E-state index is 13.2. The van der Waals surface area contributed by atoms with Crippen LogP contribution in [0, 0.1) is 13.8 Å². The second-order valence-electron chi connectivity index (χ2n) is 7.05. The van der Waals surface area contributed by atoms with Gasteiger partial charge in [-0.1, -0.05) is 11.8 Å². The molecule has 1 aromatic carbocycles. The minimum absolute atomic E-state index is 0.0125. The van der Waals surface area contributed by atoms with Gasteiger partial charge in [0.2, 0.25) is 5.91 Å². The van der Waals surface area contributed by atoms with Crippen molar-refractivity contribution < 1.29 is 18.0 Å². The molecule has 1 N–H and O–H groups in total. The third-order valence-electron chi connectivity index (χ3n) is 4.59. The number of halogens is 3. The van der Waals surface area contributed by atoms with Gasteiger partial charge in [-0.15, -0.1) is 0 Å². The molecule has 0 aliphatic carbocycles. The number of carbonyl (C=O) groups excluding carboxylic acids is 1. The minimum Gasteiger partial charge on any atom is -0.370 e. The van der Waals surface area contributed by atoms with Crippen LogP contribution >= 0.6 is 11.8 Å². The van der Waals surface area contributed by atoms with Gasteiger partial charge in [0.15, 0.2) is 5.16 Å². The zero-order chi connectivity index (χ0) is 21.0. The predicted molar refractivity (Wildman–Crippen MR) is 108 cm³/mol. The van der Waals surface area contributed by atoms with Gasteiger partial charge in [-0.25, -0.2) is 9.97 Å². The fourth-order valence-corrected chi connectivity index (χ4v) is 4.05. The van der Waals surface area contributed by atoms with Crippen molar-refractivity contribution in [3.8, 4) is 0 Å². The van der Waals surface area contributed by atoms with Crippen LogP contribution in [-0.2, 0) is 11.0 Å². The Balaban J connectivity index is 1.76. The van der Waals surface area contributed by atoms with Gasteiger partial charge in [0.1, 0.15) is 0 Å². The molecule has 0 unspecified atom stereocenters. The standard InChI is InChI=1S/C20H23F3N4OS/c1-13-10-14(2)25-19(24-13)29-12-18(28)26-16-11-15(20(21,22)23)6-7-17(16)27-8-4-3-5-9-27/h6-7,10-11H,3-5,8-9,12H2,1-2H3,(H,26,28). The number of benzene rings is 1. The van der Waals surface area contributed by atoms with Crippen LogP contribution in [0.2, 0.25) is 0 Å². The highest BCUT2D eigenvalue weighted by Gasteiger charge is 2.31. The number of nitrogens with one attached hydrogen (secondary N) is 1. The number of rotatable bonds is 5. The number of aromatic nitrogens is 2. The molecule has 1 amide bonds. The first-order valence-corrected chi connectivity index (χ1v) is 10.4. The Morgan fingerprint density at radius 1 is 1.10 bits per heavy atom. The van der Waals surface area contributed by atoms with Crippen LogP contribution in [-0.4, -0.2) is 34.7 Å². The molecule has 3 rings (SSSR count). The van der Waals surface area contributed by atoms with Crippen molar-refractivity contribution in [1.29, 1.82) is 0 Å². The lowest BCUT2D eigenvalue weighted by Gasteiger charge is -2.31. The highest BCUT2D eigenvalue weighted by molar-refractivity contribution is 7.99. The van der Waals surface area contributed by atoms with Crippen LogP contribution in [0.4, 0.5) is 24.5 Å². The molecular weight excluding hydrogens is 401 g/mol. The molecule has 1 aromatic heterocycles. The summed E-state index contributed by atoms with van der Waals surface area (Å²) in [4.78, 5) is 23.0. The van der Waals surface area contributed by atoms with Crippen LogP contribution in [0.15, 0.2) is 29.4 Å². The summed E-state index contributed by atoms with van der Waals surface area (Å²) in [7, 11) is 0. The van der Waals surface area contributed by atoms with E-state index >= 15 is 0 Å². The van der Waals surface area contributed by atoms with Crippen LogP contribution in [0.25, 0.3) is 0 Å². The number of piperidine rings is 1. The predicted octanol–water partition coefficient (Wildman–Crippen LogP) is 4.83. The monoisotopic (exact) mass is 424 g/mol. The van der Waals surface area contributed by atoms with Gasteiger partial charge < -0.3 is 10.2 Å². The molecule has 1 aliphatic heterocycles. The molecule has 0 atom stereocenters. The lowest BCUT2D eigenvalue weighted by Crippen LogP contribution is -2.30. The first-order chi connectivity index (χ1) is 13.7. The Morgan fingerprint density at radius 2 is 1.76 bits per heavy atom. The van der Waals surface area contributed by atoms with Crippen LogP contribution < -0.4 is 10.2 Å². The molecule has 0 spiro atoms. The van der Waals surface area contributed by atoms with E-state index in [1.807, 2.05) is 24.8 Å². The summed E-state index contributed by atoms with van der Waals surface area (Å²) in [5, 5.41) is 3.13. The lowest BCUT2D eigenvalue weighted by atomic mass is 10.1. The first kappa shape index (κ1) is 21.4. The molecule has 0 bridgehead atoms. The third-order valence-corrected chi connectivity index (χ3v) is 5.44. The van der Waals surface area contributed by atoms with E-state index < -0.39 is 17.6 Å². The summed E-state index contributed by atoms with van der Waals surface area (Å²) < 4.78 is 39.5. The van der Waals surface area contributed by atoms with Gasteiger partial charge in [-0.2, -0.15) is 13.2 Å². The molecule has 1 saturated heterocycles. The summed E-state index contributed by atoms with van der Waals surface area (Å²) in [6, 6.07) is 5.36. The summed E-state index contributed by atoms with van der Waals surface area (Å²) in [5.41, 5.74) is 1.63. The number of hydrogen-bond acceptors (Lipinski definition) is 5. The zero-order valence-corrected chi connectivity index (χ0v) is 17.2. The van der Waals surface area contributed by atoms with Gasteiger partial charge in [-0.3, -0.25) is 4.79 Å². The number of aryl methyl sites for hydroxylation is 2. The number of anilines is 2. The Bertz CT molecular complexity index is 862. The lowest BCUT2D eigenvalue weighted by molar-refractivity contribution is -0.137. The molecule has 156 valence electrons. The van der Waals surface area contributed by atoms with Gasteiger partial charge in [0, 0.05) is 24.5 Å². The van der Waals surface area contributed by atoms with Crippen molar-refractivity contribution in [1.82, 2.24) is 9.97 Å². The highest BCUT2D eigenvalue weighted by atomic mass is 32.2. The highest BCUT2D eigenvalue weighted by Crippen LogP contribution is 2.36. The molecular formula is C20H23F3N4OS. The Labute approximate surface area is 172 Å². The number of carbonyl (C=O) groups is 1. The fraction of sp³-hybridized carbons (Fsp3) is 0.450. The molecule has 0 saturated carbocycles. The molecule has 1 fully saturated rings. The van der Waals surface area contributed by atoms with Crippen LogP contribution in [0.3, 0.4) is 0 Å². The first-order valence-electron chi connectivity index (χ1n) is 9.43. The Morgan fingerprint density at radius 3 is 2.38 bits per heavy atom. The summed E-state index contributed by atoms with van der Waals surface area (Å²) >= 11 is 1.16. The Hall–Kier alpha value is -2.29. The summed E-state index contributed by atoms with van der Waals surface area (Å²) in [6.45, 7) is 5.21.